The van der Waals surface area contributed by atoms with Gasteiger partial charge in [-0.2, -0.15) is 0 Å². The fraction of sp³-hybridized carbons (Fsp3) is 0.0769. The standard InChI is InChI=1S/C26H20FN3O6S/c1-34-23-14-16(3-7-20(23)27)17-4-8-22(24(15-17)35-2)30-21-9-6-19(13-18(21)5-10-26(30)31)37(32,33)29-25-11-12-36-28-25/h3-15H,1-2H3,(H,28,29). The van der Waals surface area contributed by atoms with Crippen molar-refractivity contribution in [3.63, 3.8) is 0 Å². The maximum atomic E-state index is 13.9. The van der Waals surface area contributed by atoms with Gasteiger partial charge in [-0.3, -0.25) is 14.1 Å². The van der Waals surface area contributed by atoms with E-state index in [9.17, 15) is 17.6 Å². The van der Waals surface area contributed by atoms with Gasteiger partial charge in [-0.05, 0) is 59.7 Å². The van der Waals surface area contributed by atoms with Crippen LogP contribution in [0.3, 0.4) is 0 Å². The van der Waals surface area contributed by atoms with E-state index >= 15 is 0 Å². The maximum absolute atomic E-state index is 13.9. The minimum Gasteiger partial charge on any atom is -0.495 e. The summed E-state index contributed by atoms with van der Waals surface area (Å²) in [6.45, 7) is 0. The average Bonchev–Trinajstić information content (AvgIpc) is 3.41. The van der Waals surface area contributed by atoms with Crippen molar-refractivity contribution < 1.29 is 26.8 Å². The minimum atomic E-state index is -3.94. The van der Waals surface area contributed by atoms with Gasteiger partial charge in [0.25, 0.3) is 15.6 Å². The van der Waals surface area contributed by atoms with Crippen LogP contribution in [0.4, 0.5) is 10.2 Å². The number of nitrogens with zero attached hydrogens (tertiary/aromatic N) is 2. The van der Waals surface area contributed by atoms with Crippen LogP contribution in [0.5, 0.6) is 11.5 Å². The number of fused-ring (bicyclic) bond motifs is 1. The molecule has 0 spiro atoms. The van der Waals surface area contributed by atoms with E-state index in [0.29, 0.717) is 27.9 Å². The Kier molecular flexibility index (Phi) is 6.14. The molecule has 3 aromatic carbocycles. The predicted octanol–water partition coefficient (Wildman–Crippen LogP) is 4.60. The number of methoxy groups -OCH3 is 2. The van der Waals surface area contributed by atoms with Gasteiger partial charge in [-0.1, -0.05) is 17.3 Å². The van der Waals surface area contributed by atoms with Gasteiger partial charge in [0.1, 0.15) is 12.0 Å². The Labute approximate surface area is 210 Å². The molecule has 9 nitrogen and oxygen atoms in total. The largest absolute Gasteiger partial charge is 0.495 e. The van der Waals surface area contributed by atoms with Gasteiger partial charge in [-0.25, -0.2) is 12.8 Å². The summed E-state index contributed by atoms with van der Waals surface area (Å²) in [5.74, 6) is 0.0674. The number of ether oxygens (including phenoxy) is 2. The number of benzene rings is 3. The Morgan fingerprint density at radius 3 is 2.32 bits per heavy atom. The number of halogens is 1. The Morgan fingerprint density at radius 2 is 1.62 bits per heavy atom. The molecule has 11 heteroatoms. The highest BCUT2D eigenvalue weighted by atomic mass is 32.2. The van der Waals surface area contributed by atoms with Gasteiger partial charge in [-0.15, -0.1) is 0 Å². The van der Waals surface area contributed by atoms with Crippen LogP contribution in [0.15, 0.2) is 93.3 Å². The first-order valence-corrected chi connectivity index (χ1v) is 12.4. The first kappa shape index (κ1) is 24.1. The van der Waals surface area contributed by atoms with Crippen LogP contribution in [0.1, 0.15) is 0 Å². The number of rotatable bonds is 7. The van der Waals surface area contributed by atoms with E-state index in [1.165, 1.54) is 55.4 Å². The Hall–Kier alpha value is -4.64. The van der Waals surface area contributed by atoms with Crippen molar-refractivity contribution in [2.24, 2.45) is 0 Å². The number of hydrogen-bond acceptors (Lipinski definition) is 7. The summed E-state index contributed by atoms with van der Waals surface area (Å²) in [6, 6.07) is 18.4. The summed E-state index contributed by atoms with van der Waals surface area (Å²) < 4.78 is 58.6. The molecule has 188 valence electrons. The van der Waals surface area contributed by atoms with Crippen molar-refractivity contribution in [2.75, 3.05) is 18.9 Å². The molecule has 0 saturated carbocycles. The Balaban J connectivity index is 1.60. The molecule has 0 aliphatic carbocycles. The van der Waals surface area contributed by atoms with E-state index in [1.54, 1.807) is 42.5 Å². The lowest BCUT2D eigenvalue weighted by molar-refractivity contribution is 0.387. The fourth-order valence-electron chi connectivity index (χ4n) is 3.98. The molecule has 5 aromatic rings. The topological polar surface area (TPSA) is 113 Å². The zero-order chi connectivity index (χ0) is 26.2. The predicted molar refractivity (Wildman–Crippen MR) is 135 cm³/mol. The summed E-state index contributed by atoms with van der Waals surface area (Å²) >= 11 is 0. The van der Waals surface area contributed by atoms with E-state index in [2.05, 4.69) is 14.4 Å². The quantitative estimate of drug-likeness (QED) is 0.333. The van der Waals surface area contributed by atoms with E-state index < -0.39 is 15.8 Å². The normalized spacial score (nSPS) is 11.4. The van der Waals surface area contributed by atoms with E-state index in [4.69, 9.17) is 9.47 Å². The van der Waals surface area contributed by atoms with Crippen LogP contribution in [0.25, 0.3) is 27.7 Å². The molecule has 2 aromatic heterocycles. The molecule has 1 N–H and O–H groups in total. The van der Waals surface area contributed by atoms with Crippen molar-refractivity contribution in [3.8, 4) is 28.3 Å². The Bertz CT molecular complexity index is 1780. The summed E-state index contributed by atoms with van der Waals surface area (Å²) in [4.78, 5) is 13.0. The van der Waals surface area contributed by atoms with Gasteiger partial charge in [0.05, 0.1) is 30.3 Å². The number of sulfonamides is 1. The summed E-state index contributed by atoms with van der Waals surface area (Å²) in [6.07, 6.45) is 1.25. The highest BCUT2D eigenvalue weighted by molar-refractivity contribution is 7.92. The summed E-state index contributed by atoms with van der Waals surface area (Å²) in [7, 11) is -1.08. The van der Waals surface area contributed by atoms with Crippen LogP contribution in [-0.2, 0) is 10.0 Å². The summed E-state index contributed by atoms with van der Waals surface area (Å²) in [5.41, 5.74) is 2.01. The third-order valence-corrected chi connectivity index (χ3v) is 7.11. The van der Waals surface area contributed by atoms with Gasteiger partial charge >= 0.3 is 0 Å². The number of anilines is 1. The second kappa shape index (κ2) is 9.43. The summed E-state index contributed by atoms with van der Waals surface area (Å²) in [5, 5.41) is 4.08. The van der Waals surface area contributed by atoms with Crippen molar-refractivity contribution in [1.82, 2.24) is 9.72 Å². The molecule has 0 bridgehead atoms. The first-order valence-electron chi connectivity index (χ1n) is 10.9. The molecule has 0 amide bonds. The molecule has 0 unspecified atom stereocenters. The monoisotopic (exact) mass is 521 g/mol. The number of aromatic nitrogens is 2. The molecular formula is C26H20FN3O6S. The highest BCUT2D eigenvalue weighted by Gasteiger charge is 2.18. The molecule has 0 atom stereocenters. The lowest BCUT2D eigenvalue weighted by Gasteiger charge is -2.16. The lowest BCUT2D eigenvalue weighted by atomic mass is 10.0. The lowest BCUT2D eigenvalue weighted by Crippen LogP contribution is -2.18. The van der Waals surface area contributed by atoms with E-state index in [1.807, 2.05) is 0 Å². The molecular weight excluding hydrogens is 501 g/mol. The average molecular weight is 522 g/mol. The zero-order valence-electron chi connectivity index (χ0n) is 19.6. The van der Waals surface area contributed by atoms with Crippen LogP contribution in [-0.4, -0.2) is 32.4 Å². The van der Waals surface area contributed by atoms with Crippen molar-refractivity contribution in [3.05, 3.63) is 95.2 Å². The zero-order valence-corrected chi connectivity index (χ0v) is 20.5. The first-order chi connectivity index (χ1) is 17.8. The number of pyridine rings is 1. The molecule has 0 radical (unpaired) electrons. The van der Waals surface area contributed by atoms with Crippen LogP contribution < -0.4 is 19.8 Å². The second-order valence-electron chi connectivity index (χ2n) is 7.95. The third-order valence-electron chi connectivity index (χ3n) is 5.76. The molecule has 0 aliphatic heterocycles. The van der Waals surface area contributed by atoms with E-state index in [-0.39, 0.29) is 22.0 Å². The van der Waals surface area contributed by atoms with Gasteiger partial charge in [0, 0.05) is 17.5 Å². The van der Waals surface area contributed by atoms with Gasteiger partial charge in [0.2, 0.25) is 0 Å². The number of hydrogen-bond donors (Lipinski definition) is 1. The van der Waals surface area contributed by atoms with Crippen molar-refractivity contribution >= 4 is 26.7 Å². The molecule has 0 aliphatic rings. The van der Waals surface area contributed by atoms with Gasteiger partial charge in [0.15, 0.2) is 17.4 Å². The maximum Gasteiger partial charge on any atom is 0.263 e. The van der Waals surface area contributed by atoms with Crippen molar-refractivity contribution in [1.29, 1.82) is 0 Å². The molecule has 0 fully saturated rings. The molecule has 0 saturated heterocycles. The highest BCUT2D eigenvalue weighted by Crippen LogP contribution is 2.33. The second-order valence-corrected chi connectivity index (χ2v) is 9.64. The van der Waals surface area contributed by atoms with Crippen LogP contribution in [0, 0.1) is 5.82 Å². The third kappa shape index (κ3) is 4.52. The van der Waals surface area contributed by atoms with Crippen molar-refractivity contribution in [2.45, 2.75) is 4.90 Å². The fourth-order valence-corrected chi connectivity index (χ4v) is 5.01. The minimum absolute atomic E-state index is 0.0132. The molecule has 5 rings (SSSR count). The number of nitrogens with one attached hydrogen (secondary N) is 1. The Morgan fingerprint density at radius 1 is 0.892 bits per heavy atom. The van der Waals surface area contributed by atoms with Gasteiger partial charge < -0.3 is 14.0 Å². The molecule has 2 heterocycles. The molecule has 37 heavy (non-hydrogen) atoms. The van der Waals surface area contributed by atoms with Crippen LogP contribution >= 0.6 is 0 Å². The SMILES string of the molecule is COc1cc(-c2ccc(-n3c(=O)ccc4cc(S(=O)(=O)Nc5ccon5)ccc43)c(OC)c2)ccc1F. The van der Waals surface area contributed by atoms with E-state index in [0.717, 1.165) is 5.56 Å². The van der Waals surface area contributed by atoms with Crippen LogP contribution in [0.2, 0.25) is 0 Å². The smallest absolute Gasteiger partial charge is 0.263 e.